The summed E-state index contributed by atoms with van der Waals surface area (Å²) in [6.45, 7) is 0.873. The zero-order valence-electron chi connectivity index (χ0n) is 13.1. The van der Waals surface area contributed by atoms with E-state index in [0.29, 0.717) is 18.1 Å². The van der Waals surface area contributed by atoms with E-state index >= 15 is 0 Å². The summed E-state index contributed by atoms with van der Waals surface area (Å²) in [5.41, 5.74) is 4.93. The molecule has 8 nitrogen and oxygen atoms in total. The number of pyridine rings is 1. The molecule has 0 aliphatic carbocycles. The SMILES string of the molecule is NC(=O)CNC(=O)CSc1ccc(S(=O)(=O)N2CCCCC2)cn1. The third-order valence-electron chi connectivity index (χ3n) is 3.47. The molecule has 0 unspecified atom stereocenters. The van der Waals surface area contributed by atoms with Crippen LogP contribution in [0.15, 0.2) is 28.3 Å². The second kappa shape index (κ2) is 8.45. The highest BCUT2D eigenvalue weighted by molar-refractivity contribution is 7.99. The molecule has 1 saturated heterocycles. The van der Waals surface area contributed by atoms with Gasteiger partial charge < -0.3 is 11.1 Å². The van der Waals surface area contributed by atoms with Gasteiger partial charge in [0.2, 0.25) is 21.8 Å². The molecular formula is C14H20N4O4S2. The summed E-state index contributed by atoms with van der Waals surface area (Å²) in [4.78, 5) is 26.3. The summed E-state index contributed by atoms with van der Waals surface area (Å²) in [6.07, 6.45) is 4.12. The standard InChI is InChI=1S/C14H20N4O4S2/c15-12(19)9-16-13(20)10-23-14-5-4-11(8-17-14)24(21,22)18-6-2-1-3-7-18/h4-5,8H,1-3,6-7,9-10H2,(H2,15,19)(H,16,20). The highest BCUT2D eigenvalue weighted by Gasteiger charge is 2.26. The molecule has 2 amide bonds. The fourth-order valence-corrected chi connectivity index (χ4v) is 4.37. The number of thioether (sulfide) groups is 1. The Morgan fingerprint density at radius 3 is 2.54 bits per heavy atom. The first-order chi connectivity index (χ1) is 11.4. The molecule has 2 rings (SSSR count). The molecule has 0 bridgehead atoms. The van der Waals surface area contributed by atoms with Crippen molar-refractivity contribution in [2.75, 3.05) is 25.4 Å². The van der Waals surface area contributed by atoms with Crippen LogP contribution in [0.4, 0.5) is 0 Å². The Morgan fingerprint density at radius 1 is 1.25 bits per heavy atom. The molecule has 0 atom stereocenters. The lowest BCUT2D eigenvalue weighted by Gasteiger charge is -2.25. The van der Waals surface area contributed by atoms with Crippen LogP contribution in [0, 0.1) is 0 Å². The fourth-order valence-electron chi connectivity index (χ4n) is 2.24. The first kappa shape index (κ1) is 18.7. The number of hydrogen-bond acceptors (Lipinski definition) is 6. The van der Waals surface area contributed by atoms with E-state index in [1.807, 2.05) is 0 Å². The van der Waals surface area contributed by atoms with Gasteiger partial charge >= 0.3 is 0 Å². The maximum atomic E-state index is 12.5. The van der Waals surface area contributed by atoms with Gasteiger partial charge in [-0.15, -0.1) is 0 Å². The number of nitrogens with zero attached hydrogens (tertiary/aromatic N) is 2. The van der Waals surface area contributed by atoms with Crippen molar-refractivity contribution in [1.82, 2.24) is 14.6 Å². The van der Waals surface area contributed by atoms with Crippen molar-refractivity contribution in [3.05, 3.63) is 18.3 Å². The van der Waals surface area contributed by atoms with Gasteiger partial charge in [-0.25, -0.2) is 13.4 Å². The summed E-state index contributed by atoms with van der Waals surface area (Å²) in [5, 5.41) is 2.90. The Labute approximate surface area is 145 Å². The van der Waals surface area contributed by atoms with Gasteiger partial charge in [-0.1, -0.05) is 18.2 Å². The smallest absolute Gasteiger partial charge is 0.244 e. The number of amides is 2. The molecule has 132 valence electrons. The average molecular weight is 372 g/mol. The van der Waals surface area contributed by atoms with E-state index in [1.54, 1.807) is 6.07 Å². The van der Waals surface area contributed by atoms with Crippen LogP contribution in [-0.4, -0.2) is 54.9 Å². The zero-order valence-corrected chi connectivity index (χ0v) is 14.7. The summed E-state index contributed by atoms with van der Waals surface area (Å²) in [6, 6.07) is 3.07. The molecule has 2 heterocycles. The van der Waals surface area contributed by atoms with Gasteiger partial charge in [-0.2, -0.15) is 4.31 Å². The number of carbonyl (C=O) groups excluding carboxylic acids is 2. The van der Waals surface area contributed by atoms with Crippen LogP contribution in [0.2, 0.25) is 0 Å². The molecule has 1 fully saturated rings. The summed E-state index contributed by atoms with van der Waals surface area (Å²) in [5.74, 6) is -0.886. The number of piperidine rings is 1. The lowest BCUT2D eigenvalue weighted by atomic mass is 10.2. The minimum Gasteiger partial charge on any atom is -0.368 e. The second-order valence-corrected chi connectivity index (χ2v) is 8.26. The van der Waals surface area contributed by atoms with Crippen molar-refractivity contribution in [3.8, 4) is 0 Å². The van der Waals surface area contributed by atoms with Crippen LogP contribution < -0.4 is 11.1 Å². The van der Waals surface area contributed by atoms with E-state index in [2.05, 4.69) is 10.3 Å². The Balaban J connectivity index is 1.92. The van der Waals surface area contributed by atoms with Crippen LogP contribution in [0.25, 0.3) is 0 Å². The van der Waals surface area contributed by atoms with Crippen LogP contribution >= 0.6 is 11.8 Å². The van der Waals surface area contributed by atoms with Crippen molar-refractivity contribution in [2.45, 2.75) is 29.2 Å². The molecule has 24 heavy (non-hydrogen) atoms. The van der Waals surface area contributed by atoms with E-state index in [-0.39, 0.29) is 23.1 Å². The Bertz CT molecular complexity index is 685. The van der Waals surface area contributed by atoms with Crippen LogP contribution in [-0.2, 0) is 19.6 Å². The third kappa shape index (κ3) is 5.18. The molecule has 0 aromatic carbocycles. The van der Waals surface area contributed by atoms with Crippen molar-refractivity contribution >= 4 is 33.6 Å². The Kier molecular flexibility index (Phi) is 6.58. The highest BCUT2D eigenvalue weighted by Crippen LogP contribution is 2.22. The zero-order chi connectivity index (χ0) is 17.6. The number of rotatable bonds is 7. The Morgan fingerprint density at radius 2 is 1.96 bits per heavy atom. The molecule has 1 aromatic heterocycles. The summed E-state index contributed by atoms with van der Waals surface area (Å²) < 4.78 is 26.5. The quantitative estimate of drug-likeness (QED) is 0.647. The average Bonchev–Trinajstić information content (AvgIpc) is 2.59. The molecule has 0 saturated carbocycles. The second-order valence-electron chi connectivity index (χ2n) is 5.33. The van der Waals surface area contributed by atoms with Gasteiger partial charge in [-0.3, -0.25) is 9.59 Å². The molecular weight excluding hydrogens is 352 g/mol. The largest absolute Gasteiger partial charge is 0.368 e. The van der Waals surface area contributed by atoms with Crippen molar-refractivity contribution < 1.29 is 18.0 Å². The minimum absolute atomic E-state index is 0.0680. The minimum atomic E-state index is -3.50. The highest BCUT2D eigenvalue weighted by atomic mass is 32.2. The van der Waals surface area contributed by atoms with Crippen molar-refractivity contribution in [2.24, 2.45) is 5.73 Å². The number of nitrogens with one attached hydrogen (secondary N) is 1. The maximum Gasteiger partial charge on any atom is 0.244 e. The lowest BCUT2D eigenvalue weighted by molar-refractivity contribution is -0.123. The molecule has 1 aliphatic rings. The first-order valence-electron chi connectivity index (χ1n) is 7.53. The van der Waals surface area contributed by atoms with Crippen molar-refractivity contribution in [1.29, 1.82) is 0 Å². The van der Waals surface area contributed by atoms with Gasteiger partial charge in [0.15, 0.2) is 0 Å². The lowest BCUT2D eigenvalue weighted by Crippen LogP contribution is -2.35. The van der Waals surface area contributed by atoms with Crippen LogP contribution in [0.1, 0.15) is 19.3 Å². The predicted octanol–water partition coefficient (Wildman–Crippen LogP) is -0.0502. The fraction of sp³-hybridized carbons (Fsp3) is 0.500. The van der Waals surface area contributed by atoms with Gasteiger partial charge in [0.25, 0.3) is 0 Å². The third-order valence-corrected chi connectivity index (χ3v) is 6.30. The monoisotopic (exact) mass is 372 g/mol. The van der Waals surface area contributed by atoms with Crippen LogP contribution in [0.5, 0.6) is 0 Å². The number of aromatic nitrogens is 1. The Hall–Kier alpha value is -1.65. The topological polar surface area (TPSA) is 122 Å². The van der Waals surface area contributed by atoms with E-state index < -0.39 is 15.9 Å². The molecule has 1 aromatic rings. The van der Waals surface area contributed by atoms with Gasteiger partial charge in [0.1, 0.15) is 4.90 Å². The maximum absolute atomic E-state index is 12.5. The summed E-state index contributed by atoms with van der Waals surface area (Å²) in [7, 11) is -3.50. The van der Waals surface area contributed by atoms with E-state index in [0.717, 1.165) is 31.0 Å². The van der Waals surface area contributed by atoms with Gasteiger partial charge in [0.05, 0.1) is 17.3 Å². The van der Waals surface area contributed by atoms with E-state index in [9.17, 15) is 18.0 Å². The van der Waals surface area contributed by atoms with E-state index in [4.69, 9.17) is 5.73 Å². The number of sulfonamides is 1. The predicted molar refractivity (Wildman–Crippen MR) is 89.8 cm³/mol. The normalized spacial score (nSPS) is 15.8. The first-order valence-corrected chi connectivity index (χ1v) is 9.96. The molecule has 0 radical (unpaired) electrons. The molecule has 1 aliphatic heterocycles. The van der Waals surface area contributed by atoms with Crippen LogP contribution in [0.3, 0.4) is 0 Å². The van der Waals surface area contributed by atoms with Crippen molar-refractivity contribution in [3.63, 3.8) is 0 Å². The molecule has 0 spiro atoms. The van der Waals surface area contributed by atoms with Gasteiger partial charge in [0, 0.05) is 19.3 Å². The number of nitrogens with two attached hydrogens (primary N) is 1. The van der Waals surface area contributed by atoms with E-state index in [1.165, 1.54) is 16.6 Å². The number of carbonyl (C=O) groups is 2. The molecule has 10 heteroatoms. The number of primary amides is 1. The summed E-state index contributed by atoms with van der Waals surface area (Å²) >= 11 is 1.15. The number of hydrogen-bond donors (Lipinski definition) is 2. The molecule has 3 N–H and O–H groups in total. The van der Waals surface area contributed by atoms with Gasteiger partial charge in [-0.05, 0) is 25.0 Å².